The van der Waals surface area contributed by atoms with Crippen molar-refractivity contribution in [1.29, 1.82) is 0 Å². The van der Waals surface area contributed by atoms with Crippen LogP contribution in [0.1, 0.15) is 26.3 Å². The highest BCUT2D eigenvalue weighted by Gasteiger charge is 2.19. The van der Waals surface area contributed by atoms with Gasteiger partial charge in [-0.1, -0.05) is 25.4 Å². The van der Waals surface area contributed by atoms with Gasteiger partial charge >= 0.3 is 0 Å². The largest absolute Gasteiger partial charge is 0.296 e. The molecule has 0 radical (unpaired) electrons. The van der Waals surface area contributed by atoms with Gasteiger partial charge in [-0.25, -0.2) is 8.42 Å². The summed E-state index contributed by atoms with van der Waals surface area (Å²) in [5.41, 5.74) is 0.972. The van der Waals surface area contributed by atoms with Crippen LogP contribution in [0, 0.1) is 0 Å². The van der Waals surface area contributed by atoms with Gasteiger partial charge in [0.05, 0.1) is 10.8 Å². The number of halogens is 1. The van der Waals surface area contributed by atoms with Gasteiger partial charge in [0.1, 0.15) is 0 Å². The predicted molar refractivity (Wildman–Crippen MR) is 79.1 cm³/mol. The van der Waals surface area contributed by atoms with Crippen LogP contribution in [0.5, 0.6) is 0 Å². The van der Waals surface area contributed by atoms with Gasteiger partial charge in [0.25, 0.3) is 0 Å². The molecule has 0 spiro atoms. The van der Waals surface area contributed by atoms with Crippen molar-refractivity contribution in [3.63, 3.8) is 0 Å². The van der Waals surface area contributed by atoms with Crippen LogP contribution in [0.2, 0.25) is 5.02 Å². The summed E-state index contributed by atoms with van der Waals surface area (Å²) in [5.74, 6) is 0.366. The van der Waals surface area contributed by atoms with E-state index in [2.05, 4.69) is 9.88 Å². The second kappa shape index (κ2) is 7.22. The van der Waals surface area contributed by atoms with Crippen molar-refractivity contribution < 1.29 is 8.42 Å². The van der Waals surface area contributed by atoms with E-state index in [0.29, 0.717) is 11.6 Å². The number of hydrogen-bond donors (Lipinski definition) is 0. The zero-order valence-corrected chi connectivity index (χ0v) is 13.2. The molecule has 0 bridgehead atoms. The molecule has 0 aliphatic rings. The molecule has 0 aliphatic heterocycles. The summed E-state index contributed by atoms with van der Waals surface area (Å²) in [6.45, 7) is 7.05. The summed E-state index contributed by atoms with van der Waals surface area (Å²) in [6.07, 6.45) is 3.31. The molecule has 4 nitrogen and oxygen atoms in total. The Labute approximate surface area is 120 Å². The van der Waals surface area contributed by atoms with Crippen LogP contribution in [-0.2, 0) is 16.4 Å². The van der Waals surface area contributed by atoms with Gasteiger partial charge in [-0.05, 0) is 25.1 Å². The van der Waals surface area contributed by atoms with Crippen molar-refractivity contribution in [3.05, 3.63) is 29.0 Å². The Morgan fingerprint density at radius 2 is 2.11 bits per heavy atom. The van der Waals surface area contributed by atoms with Gasteiger partial charge < -0.3 is 0 Å². The number of pyridine rings is 1. The molecule has 108 valence electrons. The Morgan fingerprint density at radius 1 is 1.42 bits per heavy atom. The highest BCUT2D eigenvalue weighted by Crippen LogP contribution is 2.17. The van der Waals surface area contributed by atoms with Gasteiger partial charge in [0.15, 0.2) is 9.84 Å². The SMILES string of the molecule is CCN(Cc1ccncc1Cl)[C@H](C)CS(=O)(=O)CC. The molecule has 1 rings (SSSR count). The fourth-order valence-electron chi connectivity index (χ4n) is 1.92. The van der Waals surface area contributed by atoms with E-state index in [-0.39, 0.29) is 17.5 Å². The molecule has 6 heteroatoms. The summed E-state index contributed by atoms with van der Waals surface area (Å²) < 4.78 is 23.4. The zero-order chi connectivity index (χ0) is 14.5. The fraction of sp³-hybridized carbons (Fsp3) is 0.615. The molecular weight excluding hydrogens is 284 g/mol. The Kier molecular flexibility index (Phi) is 6.23. The molecule has 0 aliphatic carbocycles. The van der Waals surface area contributed by atoms with E-state index >= 15 is 0 Å². The second-order valence-corrected chi connectivity index (χ2v) is 7.38. The number of hydrogen-bond acceptors (Lipinski definition) is 4. The van der Waals surface area contributed by atoms with Gasteiger partial charge in [-0.15, -0.1) is 0 Å². The highest BCUT2D eigenvalue weighted by molar-refractivity contribution is 7.91. The molecule has 0 saturated carbocycles. The standard InChI is InChI=1S/C13H21ClN2O2S/c1-4-16(11(3)10-19(17,18)5-2)9-12-6-7-15-8-13(12)14/h6-8,11H,4-5,9-10H2,1-3H3/t11-/m1/s1. The van der Waals surface area contributed by atoms with E-state index in [9.17, 15) is 8.42 Å². The van der Waals surface area contributed by atoms with Gasteiger partial charge in [0.2, 0.25) is 0 Å². The number of aromatic nitrogens is 1. The average Bonchev–Trinajstić information content (AvgIpc) is 2.37. The minimum Gasteiger partial charge on any atom is -0.296 e. The van der Waals surface area contributed by atoms with Gasteiger partial charge in [0, 0.05) is 30.7 Å². The second-order valence-electron chi connectivity index (χ2n) is 4.58. The van der Waals surface area contributed by atoms with E-state index in [1.807, 2.05) is 19.9 Å². The quantitative estimate of drug-likeness (QED) is 0.776. The predicted octanol–water partition coefficient (Wildman–Crippen LogP) is 2.38. The molecule has 0 saturated heterocycles. The van der Waals surface area contributed by atoms with E-state index in [1.54, 1.807) is 19.3 Å². The minimum atomic E-state index is -2.96. The van der Waals surface area contributed by atoms with Gasteiger partial charge in [-0.3, -0.25) is 9.88 Å². The third-order valence-corrected chi connectivity index (χ3v) is 5.40. The number of rotatable bonds is 7. The Hall–Kier alpha value is -0.650. The third-order valence-electron chi connectivity index (χ3n) is 3.19. The highest BCUT2D eigenvalue weighted by atomic mass is 35.5. The molecule has 0 unspecified atom stereocenters. The molecule has 1 aromatic heterocycles. The van der Waals surface area contributed by atoms with Crippen LogP contribution < -0.4 is 0 Å². The molecule has 1 atom stereocenters. The monoisotopic (exact) mass is 304 g/mol. The topological polar surface area (TPSA) is 50.3 Å². The van der Waals surface area contributed by atoms with E-state index < -0.39 is 9.84 Å². The first-order chi connectivity index (χ1) is 8.89. The number of sulfone groups is 1. The van der Waals surface area contributed by atoms with Crippen LogP contribution in [0.15, 0.2) is 18.5 Å². The maximum absolute atomic E-state index is 11.7. The Bertz CT molecular complexity index is 505. The fourth-order valence-corrected chi connectivity index (χ4v) is 3.28. The zero-order valence-electron chi connectivity index (χ0n) is 11.6. The molecule has 0 N–H and O–H groups in total. The van der Waals surface area contributed by atoms with Crippen molar-refractivity contribution >= 4 is 21.4 Å². The van der Waals surface area contributed by atoms with Crippen LogP contribution in [0.4, 0.5) is 0 Å². The third kappa shape index (κ3) is 5.09. The van der Waals surface area contributed by atoms with E-state index in [4.69, 9.17) is 11.6 Å². The van der Waals surface area contributed by atoms with Crippen molar-refractivity contribution in [2.75, 3.05) is 18.1 Å². The molecule has 1 heterocycles. The molecule has 0 fully saturated rings. The van der Waals surface area contributed by atoms with E-state index in [0.717, 1.165) is 12.1 Å². The first-order valence-corrected chi connectivity index (χ1v) is 8.62. The first-order valence-electron chi connectivity index (χ1n) is 6.42. The maximum atomic E-state index is 11.7. The molecule has 0 aromatic carbocycles. The molecule has 19 heavy (non-hydrogen) atoms. The van der Waals surface area contributed by atoms with Crippen molar-refractivity contribution in [2.45, 2.75) is 33.4 Å². The molecular formula is C13H21ClN2O2S. The van der Waals surface area contributed by atoms with Crippen LogP contribution >= 0.6 is 11.6 Å². The van der Waals surface area contributed by atoms with Crippen molar-refractivity contribution in [1.82, 2.24) is 9.88 Å². The van der Waals surface area contributed by atoms with Crippen LogP contribution in [0.25, 0.3) is 0 Å². The van der Waals surface area contributed by atoms with Crippen molar-refractivity contribution in [3.8, 4) is 0 Å². The van der Waals surface area contributed by atoms with Crippen LogP contribution in [0.3, 0.4) is 0 Å². The van der Waals surface area contributed by atoms with Crippen LogP contribution in [-0.4, -0.2) is 42.4 Å². The lowest BCUT2D eigenvalue weighted by atomic mass is 10.2. The minimum absolute atomic E-state index is 0.0285. The number of nitrogens with zero attached hydrogens (tertiary/aromatic N) is 2. The summed E-state index contributed by atoms with van der Waals surface area (Å²) in [5, 5.41) is 0.617. The van der Waals surface area contributed by atoms with Gasteiger partial charge in [-0.2, -0.15) is 0 Å². The summed E-state index contributed by atoms with van der Waals surface area (Å²) in [4.78, 5) is 6.05. The summed E-state index contributed by atoms with van der Waals surface area (Å²) in [7, 11) is -2.96. The maximum Gasteiger partial charge on any atom is 0.151 e. The summed E-state index contributed by atoms with van der Waals surface area (Å²) in [6, 6.07) is 1.84. The van der Waals surface area contributed by atoms with E-state index in [1.165, 1.54) is 0 Å². The first kappa shape index (κ1) is 16.4. The lowest BCUT2D eigenvalue weighted by molar-refractivity contribution is 0.226. The molecule has 0 amide bonds. The summed E-state index contributed by atoms with van der Waals surface area (Å²) >= 11 is 6.08. The normalized spacial score (nSPS) is 13.7. The average molecular weight is 305 g/mol. The lowest BCUT2D eigenvalue weighted by Crippen LogP contribution is -2.38. The van der Waals surface area contributed by atoms with Crippen molar-refractivity contribution in [2.24, 2.45) is 0 Å². The Morgan fingerprint density at radius 3 is 2.63 bits per heavy atom. The smallest absolute Gasteiger partial charge is 0.151 e. The lowest BCUT2D eigenvalue weighted by Gasteiger charge is -2.27. The molecule has 1 aromatic rings. The Balaban J connectivity index is 2.76.